The summed E-state index contributed by atoms with van der Waals surface area (Å²) in [4.78, 5) is 0. The highest BCUT2D eigenvalue weighted by Crippen LogP contribution is 1.89. The zero-order chi connectivity index (χ0) is 5.98. The minimum atomic E-state index is 0.659. The van der Waals surface area contributed by atoms with Crippen LogP contribution in [0.4, 0.5) is 0 Å². The van der Waals surface area contributed by atoms with Crippen molar-refractivity contribution in [3.8, 4) is 0 Å². The molecule has 2 atom stereocenters. The third-order valence-corrected chi connectivity index (χ3v) is 1.54. The summed E-state index contributed by atoms with van der Waals surface area (Å²) in [6, 6.07) is 1.32. The molecule has 2 nitrogen and oxygen atoms in total. The number of hydrogen-bond donors (Lipinski definition) is 2. The van der Waals surface area contributed by atoms with E-state index in [0.717, 1.165) is 13.1 Å². The Morgan fingerprint density at radius 3 is 1.62 bits per heavy atom. The average Bonchev–Trinajstić information content (AvgIpc) is 1.77. The van der Waals surface area contributed by atoms with Crippen LogP contribution in [0.5, 0.6) is 0 Å². The fourth-order valence-electron chi connectivity index (χ4n) is 0.900. The molecule has 2 heteroatoms. The molecule has 0 aliphatic carbocycles. The fraction of sp³-hybridized carbons (Fsp3) is 1.00. The minimum absolute atomic E-state index is 0.659. The Balaban J connectivity index is 2.19. The van der Waals surface area contributed by atoms with Crippen LogP contribution >= 0.6 is 0 Å². The molecule has 0 radical (unpaired) electrons. The molecule has 0 aromatic carbocycles. The number of nitrogens with one attached hydrogen (secondary N) is 2. The summed E-state index contributed by atoms with van der Waals surface area (Å²) >= 11 is 0. The Kier molecular flexibility index (Phi) is 1.86. The van der Waals surface area contributed by atoms with Gasteiger partial charge in [-0.15, -0.1) is 0 Å². The normalized spacial score (nSPS) is 39.8. The second-order valence-electron chi connectivity index (χ2n) is 2.62. The maximum absolute atomic E-state index is 3.37. The molecule has 0 amide bonds. The third kappa shape index (κ3) is 1.46. The highest BCUT2D eigenvalue weighted by atomic mass is 15.1. The first-order valence-electron chi connectivity index (χ1n) is 3.26. The van der Waals surface area contributed by atoms with Gasteiger partial charge in [0.15, 0.2) is 0 Å². The fourth-order valence-corrected chi connectivity index (χ4v) is 0.900. The molecule has 0 aromatic rings. The highest BCUT2D eigenvalue weighted by Gasteiger charge is 2.10. The van der Waals surface area contributed by atoms with Crippen molar-refractivity contribution in [2.45, 2.75) is 25.9 Å². The van der Waals surface area contributed by atoms with Gasteiger partial charge in [-0.1, -0.05) is 0 Å². The van der Waals surface area contributed by atoms with E-state index < -0.39 is 0 Å². The molecule has 1 rings (SSSR count). The summed E-state index contributed by atoms with van der Waals surface area (Å²) < 4.78 is 0. The number of piperazine rings is 1. The second-order valence-corrected chi connectivity index (χ2v) is 2.62. The van der Waals surface area contributed by atoms with E-state index in [9.17, 15) is 0 Å². The van der Waals surface area contributed by atoms with E-state index in [2.05, 4.69) is 24.5 Å². The van der Waals surface area contributed by atoms with E-state index >= 15 is 0 Å². The van der Waals surface area contributed by atoms with Crippen molar-refractivity contribution in [3.05, 3.63) is 0 Å². The standard InChI is InChI=1S/C6H14N2/c1-5-3-8-6(2)4-7-5/h5-8H,3-4H2,1-2H3/t5-,6-/m0/s1. The van der Waals surface area contributed by atoms with E-state index in [1.807, 2.05) is 0 Å². The van der Waals surface area contributed by atoms with E-state index in [1.165, 1.54) is 0 Å². The van der Waals surface area contributed by atoms with Gasteiger partial charge in [0.1, 0.15) is 0 Å². The van der Waals surface area contributed by atoms with Crippen LogP contribution in [-0.4, -0.2) is 25.2 Å². The van der Waals surface area contributed by atoms with Crippen molar-refractivity contribution in [2.24, 2.45) is 0 Å². The monoisotopic (exact) mass is 114 g/mol. The summed E-state index contributed by atoms with van der Waals surface area (Å²) in [5.74, 6) is 0. The van der Waals surface area contributed by atoms with Crippen LogP contribution in [0.2, 0.25) is 0 Å². The SMILES string of the molecule is C[C@H]1CN[C@@H](C)CN1. The van der Waals surface area contributed by atoms with Gasteiger partial charge in [-0.2, -0.15) is 0 Å². The largest absolute Gasteiger partial charge is 0.311 e. The molecular weight excluding hydrogens is 100 g/mol. The van der Waals surface area contributed by atoms with E-state index in [4.69, 9.17) is 0 Å². The van der Waals surface area contributed by atoms with Gasteiger partial charge in [0.2, 0.25) is 0 Å². The van der Waals surface area contributed by atoms with Crippen LogP contribution in [0, 0.1) is 0 Å². The van der Waals surface area contributed by atoms with Gasteiger partial charge in [-0.05, 0) is 13.8 Å². The maximum Gasteiger partial charge on any atom is 0.0164 e. The second kappa shape index (κ2) is 2.46. The number of rotatable bonds is 0. The van der Waals surface area contributed by atoms with Crippen molar-refractivity contribution >= 4 is 0 Å². The molecular formula is C6H14N2. The lowest BCUT2D eigenvalue weighted by molar-refractivity contribution is 0.376. The molecule has 1 aliphatic heterocycles. The summed E-state index contributed by atoms with van der Waals surface area (Å²) in [5, 5.41) is 6.74. The van der Waals surface area contributed by atoms with Gasteiger partial charge in [0.05, 0.1) is 0 Å². The van der Waals surface area contributed by atoms with Crippen molar-refractivity contribution in [3.63, 3.8) is 0 Å². The van der Waals surface area contributed by atoms with Gasteiger partial charge in [-0.25, -0.2) is 0 Å². The first-order valence-corrected chi connectivity index (χ1v) is 3.26. The van der Waals surface area contributed by atoms with Gasteiger partial charge in [-0.3, -0.25) is 0 Å². The van der Waals surface area contributed by atoms with Crippen LogP contribution in [0.3, 0.4) is 0 Å². The summed E-state index contributed by atoms with van der Waals surface area (Å²) in [6.07, 6.45) is 0. The van der Waals surface area contributed by atoms with E-state index in [-0.39, 0.29) is 0 Å². The third-order valence-electron chi connectivity index (χ3n) is 1.54. The molecule has 0 spiro atoms. The first kappa shape index (κ1) is 6.05. The van der Waals surface area contributed by atoms with Gasteiger partial charge in [0, 0.05) is 25.2 Å². The maximum atomic E-state index is 3.37. The molecule has 48 valence electrons. The summed E-state index contributed by atoms with van der Waals surface area (Å²) in [6.45, 7) is 6.61. The van der Waals surface area contributed by atoms with Crippen molar-refractivity contribution in [1.82, 2.24) is 10.6 Å². The Morgan fingerprint density at radius 2 is 1.38 bits per heavy atom. The minimum Gasteiger partial charge on any atom is -0.311 e. The Hall–Kier alpha value is -0.0800. The molecule has 2 N–H and O–H groups in total. The molecule has 8 heavy (non-hydrogen) atoms. The molecule has 0 saturated carbocycles. The molecule has 0 unspecified atom stereocenters. The smallest absolute Gasteiger partial charge is 0.0164 e. The van der Waals surface area contributed by atoms with Crippen LogP contribution in [0.1, 0.15) is 13.8 Å². The van der Waals surface area contributed by atoms with Gasteiger partial charge >= 0.3 is 0 Å². The summed E-state index contributed by atoms with van der Waals surface area (Å²) in [7, 11) is 0. The van der Waals surface area contributed by atoms with Crippen LogP contribution in [0.25, 0.3) is 0 Å². The Bertz CT molecular complexity index is 54.9. The number of hydrogen-bond acceptors (Lipinski definition) is 2. The quantitative estimate of drug-likeness (QED) is 0.461. The molecule has 0 bridgehead atoms. The molecule has 1 heterocycles. The predicted molar refractivity (Wildman–Crippen MR) is 34.9 cm³/mol. The topological polar surface area (TPSA) is 24.1 Å². The predicted octanol–water partition coefficient (Wildman–Crippen LogP) is -0.0438. The Labute approximate surface area is 50.7 Å². The van der Waals surface area contributed by atoms with Crippen LogP contribution in [0.15, 0.2) is 0 Å². The molecule has 0 aromatic heterocycles. The lowest BCUT2D eigenvalue weighted by Gasteiger charge is -2.26. The highest BCUT2D eigenvalue weighted by molar-refractivity contribution is 4.76. The van der Waals surface area contributed by atoms with Gasteiger partial charge < -0.3 is 10.6 Å². The first-order chi connectivity index (χ1) is 3.79. The van der Waals surface area contributed by atoms with Crippen molar-refractivity contribution < 1.29 is 0 Å². The van der Waals surface area contributed by atoms with Gasteiger partial charge in [0.25, 0.3) is 0 Å². The van der Waals surface area contributed by atoms with Crippen molar-refractivity contribution in [1.29, 1.82) is 0 Å². The Morgan fingerprint density at radius 1 is 1.00 bits per heavy atom. The lowest BCUT2D eigenvalue weighted by Crippen LogP contribution is -2.51. The zero-order valence-corrected chi connectivity index (χ0v) is 5.57. The zero-order valence-electron chi connectivity index (χ0n) is 5.57. The molecule has 1 fully saturated rings. The van der Waals surface area contributed by atoms with E-state index in [0.29, 0.717) is 12.1 Å². The van der Waals surface area contributed by atoms with Crippen LogP contribution < -0.4 is 10.6 Å². The average molecular weight is 114 g/mol. The molecule has 1 saturated heterocycles. The summed E-state index contributed by atoms with van der Waals surface area (Å²) in [5.41, 5.74) is 0. The molecule has 1 aliphatic rings. The van der Waals surface area contributed by atoms with Crippen LogP contribution in [-0.2, 0) is 0 Å². The lowest BCUT2D eigenvalue weighted by atomic mass is 10.2. The van der Waals surface area contributed by atoms with E-state index in [1.54, 1.807) is 0 Å². The van der Waals surface area contributed by atoms with Crippen molar-refractivity contribution in [2.75, 3.05) is 13.1 Å².